The Morgan fingerprint density at radius 1 is 1.00 bits per heavy atom. The Bertz CT molecular complexity index is 169. The summed E-state index contributed by atoms with van der Waals surface area (Å²) in [6.45, 7) is 5.85. The van der Waals surface area contributed by atoms with Gasteiger partial charge in [-0.2, -0.15) is 0 Å². The molecule has 0 radical (unpaired) electrons. The van der Waals surface area contributed by atoms with Crippen molar-refractivity contribution in [3.8, 4) is 0 Å². The molecule has 16 heavy (non-hydrogen) atoms. The van der Waals surface area contributed by atoms with E-state index in [0.29, 0.717) is 0 Å². The quantitative estimate of drug-likeness (QED) is 0.794. The highest BCUT2D eigenvalue weighted by Gasteiger charge is 2.21. The standard InChI is InChI=1S/C11H22N2O.2ClH/c14-11-3-7-13(8-4-11)9-10-1-5-12-6-2-10;;/h10-12,14H,1-9H2;2*1H. The number of aliphatic hydroxyl groups is 1. The maximum absolute atomic E-state index is 9.40. The van der Waals surface area contributed by atoms with Gasteiger partial charge in [0.15, 0.2) is 0 Å². The molecule has 5 heteroatoms. The van der Waals surface area contributed by atoms with Crippen LogP contribution in [0, 0.1) is 5.92 Å². The van der Waals surface area contributed by atoms with Crippen molar-refractivity contribution in [3.05, 3.63) is 0 Å². The van der Waals surface area contributed by atoms with E-state index in [2.05, 4.69) is 10.2 Å². The first-order chi connectivity index (χ1) is 6.84. The van der Waals surface area contributed by atoms with Crippen LogP contribution in [0.3, 0.4) is 0 Å². The van der Waals surface area contributed by atoms with Crippen LogP contribution >= 0.6 is 24.8 Å². The fourth-order valence-corrected chi connectivity index (χ4v) is 2.53. The van der Waals surface area contributed by atoms with E-state index in [1.165, 1.54) is 32.5 Å². The third kappa shape index (κ3) is 5.19. The molecule has 0 saturated carbocycles. The zero-order valence-corrected chi connectivity index (χ0v) is 11.4. The van der Waals surface area contributed by atoms with E-state index in [4.69, 9.17) is 0 Å². The number of halogens is 2. The molecular weight excluding hydrogens is 247 g/mol. The number of nitrogens with zero attached hydrogens (tertiary/aromatic N) is 1. The molecule has 2 aliphatic heterocycles. The van der Waals surface area contributed by atoms with Gasteiger partial charge >= 0.3 is 0 Å². The van der Waals surface area contributed by atoms with Crippen LogP contribution in [-0.2, 0) is 0 Å². The fraction of sp³-hybridized carbons (Fsp3) is 1.00. The molecule has 0 aromatic rings. The third-order valence-electron chi connectivity index (χ3n) is 3.53. The van der Waals surface area contributed by atoms with E-state index in [1.807, 2.05) is 0 Å². The van der Waals surface area contributed by atoms with Gasteiger partial charge in [0.25, 0.3) is 0 Å². The topological polar surface area (TPSA) is 35.5 Å². The highest BCUT2D eigenvalue weighted by molar-refractivity contribution is 5.85. The Balaban J connectivity index is 0.00000112. The van der Waals surface area contributed by atoms with Crippen molar-refractivity contribution in [3.63, 3.8) is 0 Å². The molecule has 2 heterocycles. The summed E-state index contributed by atoms with van der Waals surface area (Å²) >= 11 is 0. The molecule has 0 amide bonds. The number of nitrogens with one attached hydrogen (secondary N) is 1. The zero-order valence-electron chi connectivity index (χ0n) is 9.73. The van der Waals surface area contributed by atoms with Gasteiger partial charge in [0, 0.05) is 19.6 Å². The Hall–Kier alpha value is 0.460. The van der Waals surface area contributed by atoms with Gasteiger partial charge in [-0.3, -0.25) is 0 Å². The van der Waals surface area contributed by atoms with Gasteiger partial charge in [0.05, 0.1) is 6.10 Å². The van der Waals surface area contributed by atoms with Crippen LogP contribution in [0.1, 0.15) is 25.7 Å². The molecule has 0 bridgehead atoms. The second-order valence-corrected chi connectivity index (χ2v) is 4.73. The summed E-state index contributed by atoms with van der Waals surface area (Å²) in [5.41, 5.74) is 0. The number of aliphatic hydroxyl groups excluding tert-OH is 1. The first-order valence-corrected chi connectivity index (χ1v) is 5.96. The summed E-state index contributed by atoms with van der Waals surface area (Å²) in [4.78, 5) is 2.53. The minimum atomic E-state index is -0.0285. The highest BCUT2D eigenvalue weighted by atomic mass is 35.5. The molecule has 2 fully saturated rings. The maximum Gasteiger partial charge on any atom is 0.0564 e. The first kappa shape index (κ1) is 16.5. The molecule has 0 aromatic carbocycles. The van der Waals surface area contributed by atoms with E-state index in [9.17, 15) is 5.11 Å². The van der Waals surface area contributed by atoms with E-state index < -0.39 is 0 Å². The summed E-state index contributed by atoms with van der Waals surface area (Å²) in [7, 11) is 0. The van der Waals surface area contributed by atoms with Crippen molar-refractivity contribution in [2.24, 2.45) is 5.92 Å². The van der Waals surface area contributed by atoms with Crippen LogP contribution in [-0.4, -0.2) is 48.8 Å². The predicted octanol–water partition coefficient (Wildman–Crippen LogP) is 1.29. The van der Waals surface area contributed by atoms with Crippen molar-refractivity contribution >= 4 is 24.8 Å². The van der Waals surface area contributed by atoms with Crippen molar-refractivity contribution in [2.45, 2.75) is 31.8 Å². The van der Waals surface area contributed by atoms with E-state index in [0.717, 1.165) is 31.8 Å². The summed E-state index contributed by atoms with van der Waals surface area (Å²) in [6.07, 6.45) is 4.59. The molecule has 2 N–H and O–H groups in total. The molecule has 3 nitrogen and oxygen atoms in total. The number of hydrogen-bond donors (Lipinski definition) is 2. The van der Waals surface area contributed by atoms with Gasteiger partial charge in [0.2, 0.25) is 0 Å². The lowest BCUT2D eigenvalue weighted by Gasteiger charge is -2.33. The Kier molecular flexibility index (Phi) is 8.78. The maximum atomic E-state index is 9.40. The molecule has 2 aliphatic rings. The molecule has 2 rings (SSSR count). The molecule has 0 spiro atoms. The Labute approximate surface area is 111 Å². The lowest BCUT2D eigenvalue weighted by molar-refractivity contribution is 0.0717. The summed E-state index contributed by atoms with van der Waals surface area (Å²) in [5, 5.41) is 12.8. The second kappa shape index (κ2) is 8.54. The summed E-state index contributed by atoms with van der Waals surface area (Å²) < 4.78 is 0. The van der Waals surface area contributed by atoms with Gasteiger partial charge in [-0.25, -0.2) is 0 Å². The Morgan fingerprint density at radius 2 is 1.56 bits per heavy atom. The largest absolute Gasteiger partial charge is 0.393 e. The third-order valence-corrected chi connectivity index (χ3v) is 3.53. The van der Waals surface area contributed by atoms with Crippen molar-refractivity contribution < 1.29 is 5.11 Å². The number of hydrogen-bond acceptors (Lipinski definition) is 3. The molecule has 0 unspecified atom stereocenters. The summed E-state index contributed by atoms with van der Waals surface area (Å²) in [6, 6.07) is 0. The smallest absolute Gasteiger partial charge is 0.0564 e. The molecular formula is C11H24Cl2N2O. The van der Waals surface area contributed by atoms with Crippen molar-refractivity contribution in [2.75, 3.05) is 32.7 Å². The monoisotopic (exact) mass is 270 g/mol. The van der Waals surface area contributed by atoms with Gasteiger partial charge in [-0.1, -0.05) is 0 Å². The van der Waals surface area contributed by atoms with Gasteiger partial charge in [-0.15, -0.1) is 24.8 Å². The van der Waals surface area contributed by atoms with Gasteiger partial charge < -0.3 is 15.3 Å². The average Bonchev–Trinajstić information content (AvgIpc) is 2.23. The van der Waals surface area contributed by atoms with Crippen LogP contribution in [0.5, 0.6) is 0 Å². The van der Waals surface area contributed by atoms with Gasteiger partial charge in [0.1, 0.15) is 0 Å². The van der Waals surface area contributed by atoms with Crippen LogP contribution in [0.25, 0.3) is 0 Å². The van der Waals surface area contributed by atoms with Crippen molar-refractivity contribution in [1.82, 2.24) is 10.2 Å². The van der Waals surface area contributed by atoms with E-state index in [-0.39, 0.29) is 30.9 Å². The van der Waals surface area contributed by atoms with Crippen LogP contribution < -0.4 is 5.32 Å². The average molecular weight is 271 g/mol. The Morgan fingerprint density at radius 3 is 2.12 bits per heavy atom. The minimum absolute atomic E-state index is 0. The van der Waals surface area contributed by atoms with Crippen LogP contribution in [0.2, 0.25) is 0 Å². The fourth-order valence-electron chi connectivity index (χ4n) is 2.53. The predicted molar refractivity (Wildman–Crippen MR) is 71.8 cm³/mol. The molecule has 0 atom stereocenters. The molecule has 0 aromatic heterocycles. The second-order valence-electron chi connectivity index (χ2n) is 4.73. The molecule has 0 aliphatic carbocycles. The number of piperidine rings is 2. The normalized spacial score (nSPS) is 24.6. The van der Waals surface area contributed by atoms with Crippen LogP contribution in [0.15, 0.2) is 0 Å². The number of likely N-dealkylation sites (tertiary alicyclic amines) is 1. The van der Waals surface area contributed by atoms with E-state index >= 15 is 0 Å². The SMILES string of the molecule is Cl.Cl.OC1CCN(CC2CCNCC2)CC1. The van der Waals surface area contributed by atoms with Crippen molar-refractivity contribution in [1.29, 1.82) is 0 Å². The number of rotatable bonds is 2. The molecule has 2 saturated heterocycles. The summed E-state index contributed by atoms with van der Waals surface area (Å²) in [5.74, 6) is 0.895. The zero-order chi connectivity index (χ0) is 9.80. The highest BCUT2D eigenvalue weighted by Crippen LogP contribution is 2.17. The molecule has 98 valence electrons. The van der Waals surface area contributed by atoms with E-state index in [1.54, 1.807) is 0 Å². The lowest BCUT2D eigenvalue weighted by atomic mass is 9.96. The lowest BCUT2D eigenvalue weighted by Crippen LogP contribution is -2.41. The van der Waals surface area contributed by atoms with Crippen LogP contribution in [0.4, 0.5) is 0 Å². The first-order valence-electron chi connectivity index (χ1n) is 5.96. The van der Waals surface area contributed by atoms with Gasteiger partial charge in [-0.05, 0) is 44.7 Å². The minimum Gasteiger partial charge on any atom is -0.393 e.